The maximum Gasteiger partial charge on any atom is 0.294 e. The summed E-state index contributed by atoms with van der Waals surface area (Å²) in [7, 11) is 0. The number of nitro benzene ring substituents is 1. The van der Waals surface area contributed by atoms with Gasteiger partial charge in [0.05, 0.1) is 4.92 Å². The van der Waals surface area contributed by atoms with Gasteiger partial charge in [-0.25, -0.2) is 0 Å². The highest BCUT2D eigenvalue weighted by Crippen LogP contribution is 2.21. The van der Waals surface area contributed by atoms with E-state index < -0.39 is 10.8 Å². The third-order valence-electron chi connectivity index (χ3n) is 3.39. The molecule has 0 unspecified atom stereocenters. The van der Waals surface area contributed by atoms with Crippen LogP contribution in [0.2, 0.25) is 0 Å². The van der Waals surface area contributed by atoms with E-state index in [2.05, 4.69) is 10.1 Å². The van der Waals surface area contributed by atoms with Crippen LogP contribution in [0.1, 0.15) is 27.1 Å². The van der Waals surface area contributed by atoms with Gasteiger partial charge in [0.1, 0.15) is 5.69 Å². The number of hydrogen-bond acceptors (Lipinski definition) is 6. The van der Waals surface area contributed by atoms with Crippen LogP contribution in [0.5, 0.6) is 0 Å². The van der Waals surface area contributed by atoms with Crippen LogP contribution < -0.4 is 4.80 Å². The lowest BCUT2D eigenvalue weighted by Crippen LogP contribution is -2.18. The summed E-state index contributed by atoms with van der Waals surface area (Å²) in [6, 6.07) is 14.3. The van der Waals surface area contributed by atoms with Crippen molar-refractivity contribution in [1.29, 1.82) is 0 Å². The second-order valence-corrected chi connectivity index (χ2v) is 6.14. The average Bonchev–Trinajstić information content (AvgIpc) is 3.06. The Bertz CT molecular complexity index is 1070. The SMILES string of the molecule is CC(=O)c1nn(-c2ccccc2[N+](=O)[O-])c(=NC(=O)c2ccccc2)s1. The van der Waals surface area contributed by atoms with Crippen molar-refractivity contribution in [2.75, 3.05) is 0 Å². The van der Waals surface area contributed by atoms with E-state index in [4.69, 9.17) is 0 Å². The van der Waals surface area contributed by atoms with Crippen molar-refractivity contribution in [3.05, 3.63) is 80.1 Å². The molecule has 0 fully saturated rings. The highest BCUT2D eigenvalue weighted by molar-refractivity contribution is 7.11. The van der Waals surface area contributed by atoms with Crippen molar-refractivity contribution in [1.82, 2.24) is 9.78 Å². The highest BCUT2D eigenvalue weighted by Gasteiger charge is 2.19. The van der Waals surface area contributed by atoms with E-state index >= 15 is 0 Å². The molecule has 0 saturated carbocycles. The molecule has 0 aliphatic heterocycles. The number of amides is 1. The van der Waals surface area contributed by atoms with E-state index in [1.54, 1.807) is 36.4 Å². The molecule has 130 valence electrons. The van der Waals surface area contributed by atoms with Crippen LogP contribution in [-0.4, -0.2) is 26.4 Å². The van der Waals surface area contributed by atoms with Gasteiger partial charge in [-0.15, -0.1) is 0 Å². The van der Waals surface area contributed by atoms with Crippen LogP contribution in [0.4, 0.5) is 5.69 Å². The van der Waals surface area contributed by atoms with Crippen molar-refractivity contribution in [3.8, 4) is 5.69 Å². The first-order valence-corrected chi connectivity index (χ1v) is 8.28. The molecular weight excluding hydrogens is 356 g/mol. The normalized spacial score (nSPS) is 11.3. The zero-order valence-corrected chi connectivity index (χ0v) is 14.3. The summed E-state index contributed by atoms with van der Waals surface area (Å²) in [5, 5.41) is 15.5. The molecule has 26 heavy (non-hydrogen) atoms. The Kier molecular flexibility index (Phi) is 4.81. The maximum atomic E-state index is 12.4. The number of ketones is 1. The van der Waals surface area contributed by atoms with E-state index in [1.807, 2.05) is 0 Å². The fourth-order valence-corrected chi connectivity index (χ4v) is 2.98. The Morgan fingerprint density at radius 2 is 1.77 bits per heavy atom. The predicted octanol–water partition coefficient (Wildman–Crippen LogP) is 2.79. The van der Waals surface area contributed by atoms with Gasteiger partial charge in [0.15, 0.2) is 10.8 Å². The number of para-hydroxylation sites is 2. The molecule has 0 spiro atoms. The zero-order valence-electron chi connectivity index (χ0n) is 13.5. The Morgan fingerprint density at radius 3 is 2.42 bits per heavy atom. The predicted molar refractivity (Wildman–Crippen MR) is 94.4 cm³/mol. The molecular formula is C17H12N4O4S. The molecule has 0 N–H and O–H groups in total. The quantitative estimate of drug-likeness (QED) is 0.400. The molecule has 0 bridgehead atoms. The standard InChI is InChI=1S/C17H12N4O4S/c1-11(22)16-19-20(13-9-5-6-10-14(13)21(24)25)17(26-16)18-15(23)12-7-3-2-4-8-12/h2-10H,1H3. The molecule has 2 aromatic carbocycles. The first-order chi connectivity index (χ1) is 12.5. The first kappa shape index (κ1) is 17.4. The Hall–Kier alpha value is -3.46. The summed E-state index contributed by atoms with van der Waals surface area (Å²) in [6.45, 7) is 1.32. The molecule has 3 rings (SSSR count). The van der Waals surface area contributed by atoms with Gasteiger partial charge in [-0.2, -0.15) is 14.8 Å². The number of Topliss-reactive ketones (excluding diaryl/α,β-unsaturated/α-hetero) is 1. The summed E-state index contributed by atoms with van der Waals surface area (Å²) in [5.41, 5.74) is 0.279. The largest absolute Gasteiger partial charge is 0.294 e. The van der Waals surface area contributed by atoms with Gasteiger partial charge in [0.25, 0.3) is 11.6 Å². The van der Waals surface area contributed by atoms with Gasteiger partial charge in [-0.3, -0.25) is 19.7 Å². The Morgan fingerprint density at radius 1 is 1.12 bits per heavy atom. The van der Waals surface area contributed by atoms with Gasteiger partial charge in [-0.1, -0.05) is 41.7 Å². The summed E-state index contributed by atoms with van der Waals surface area (Å²) in [5.74, 6) is -0.854. The molecule has 1 heterocycles. The summed E-state index contributed by atoms with van der Waals surface area (Å²) < 4.78 is 1.15. The van der Waals surface area contributed by atoms with Gasteiger partial charge in [-0.05, 0) is 18.2 Å². The van der Waals surface area contributed by atoms with E-state index in [0.29, 0.717) is 5.56 Å². The van der Waals surface area contributed by atoms with Crippen LogP contribution >= 0.6 is 11.3 Å². The fourth-order valence-electron chi connectivity index (χ4n) is 2.18. The van der Waals surface area contributed by atoms with Crippen LogP contribution in [0.15, 0.2) is 59.6 Å². The minimum atomic E-state index is -0.558. The number of hydrogen-bond donors (Lipinski definition) is 0. The number of nitro groups is 1. The molecule has 3 aromatic rings. The zero-order chi connectivity index (χ0) is 18.7. The van der Waals surface area contributed by atoms with Crippen LogP contribution in [0.3, 0.4) is 0 Å². The van der Waals surface area contributed by atoms with E-state index in [-0.39, 0.29) is 27.0 Å². The molecule has 0 radical (unpaired) electrons. The van der Waals surface area contributed by atoms with Crippen molar-refractivity contribution in [3.63, 3.8) is 0 Å². The maximum absolute atomic E-state index is 12.4. The number of nitrogens with zero attached hydrogens (tertiary/aromatic N) is 4. The van der Waals surface area contributed by atoms with Gasteiger partial charge in [0, 0.05) is 18.6 Å². The first-order valence-electron chi connectivity index (χ1n) is 7.46. The molecule has 0 saturated heterocycles. The molecule has 1 aromatic heterocycles. The molecule has 9 heteroatoms. The third kappa shape index (κ3) is 3.47. The summed E-state index contributed by atoms with van der Waals surface area (Å²) >= 11 is 0.898. The number of benzene rings is 2. The van der Waals surface area contributed by atoms with Gasteiger partial charge < -0.3 is 0 Å². The minimum absolute atomic E-state index is 0.0818. The van der Waals surface area contributed by atoms with Crippen molar-refractivity contribution in [2.45, 2.75) is 6.92 Å². The van der Waals surface area contributed by atoms with Crippen LogP contribution in [-0.2, 0) is 0 Å². The number of carbonyl (C=O) groups excluding carboxylic acids is 2. The molecule has 8 nitrogen and oxygen atoms in total. The highest BCUT2D eigenvalue weighted by atomic mass is 32.1. The minimum Gasteiger partial charge on any atom is -0.292 e. The second kappa shape index (κ2) is 7.19. The lowest BCUT2D eigenvalue weighted by Gasteiger charge is -2.02. The van der Waals surface area contributed by atoms with E-state index in [1.165, 1.54) is 25.1 Å². The molecule has 0 atom stereocenters. The number of carbonyl (C=O) groups is 2. The summed E-state index contributed by atoms with van der Waals surface area (Å²) in [4.78, 5) is 38.9. The average molecular weight is 368 g/mol. The lowest BCUT2D eigenvalue weighted by atomic mass is 10.2. The third-order valence-corrected chi connectivity index (χ3v) is 4.39. The van der Waals surface area contributed by atoms with Crippen molar-refractivity contribution >= 4 is 28.7 Å². The topological polar surface area (TPSA) is 107 Å². The second-order valence-electron chi connectivity index (χ2n) is 5.19. The number of rotatable bonds is 4. The smallest absolute Gasteiger partial charge is 0.292 e. The van der Waals surface area contributed by atoms with Gasteiger partial charge >= 0.3 is 0 Å². The van der Waals surface area contributed by atoms with E-state index in [0.717, 1.165) is 16.0 Å². The lowest BCUT2D eigenvalue weighted by molar-refractivity contribution is -0.384. The summed E-state index contributed by atoms with van der Waals surface area (Å²) in [6.07, 6.45) is 0. The Balaban J connectivity index is 2.21. The molecule has 0 aliphatic rings. The van der Waals surface area contributed by atoms with Crippen LogP contribution in [0.25, 0.3) is 5.69 Å². The van der Waals surface area contributed by atoms with Gasteiger partial charge in [0.2, 0.25) is 4.80 Å². The van der Waals surface area contributed by atoms with Crippen molar-refractivity contribution < 1.29 is 14.5 Å². The van der Waals surface area contributed by atoms with Crippen molar-refractivity contribution in [2.24, 2.45) is 4.99 Å². The van der Waals surface area contributed by atoms with Crippen LogP contribution in [0, 0.1) is 10.1 Å². The Labute approximate surface area is 151 Å². The molecule has 1 amide bonds. The van der Waals surface area contributed by atoms with E-state index in [9.17, 15) is 19.7 Å². The monoisotopic (exact) mass is 368 g/mol. The number of aromatic nitrogens is 2. The fraction of sp³-hybridized carbons (Fsp3) is 0.0588. The molecule has 0 aliphatic carbocycles.